The molecule has 1 aliphatic rings. The fourth-order valence-corrected chi connectivity index (χ4v) is 3.70. The summed E-state index contributed by atoms with van der Waals surface area (Å²) < 4.78 is 26.0. The summed E-state index contributed by atoms with van der Waals surface area (Å²) in [6.45, 7) is 8.24. The highest BCUT2D eigenvalue weighted by Crippen LogP contribution is 2.25. The molecule has 1 atom stereocenters. The van der Waals surface area contributed by atoms with Gasteiger partial charge in [0.1, 0.15) is 18.2 Å². The number of aromatic nitrogens is 3. The van der Waals surface area contributed by atoms with Crippen LogP contribution in [0, 0.1) is 11.7 Å². The monoisotopic (exact) mass is 410 g/mol. The van der Waals surface area contributed by atoms with Crippen molar-refractivity contribution < 1.29 is 19.0 Å². The summed E-state index contributed by atoms with van der Waals surface area (Å²) >= 11 is 1.46. The Morgan fingerprint density at radius 2 is 1.93 bits per heavy atom. The van der Waals surface area contributed by atoms with Crippen molar-refractivity contribution in [3.8, 4) is 5.75 Å². The summed E-state index contributed by atoms with van der Waals surface area (Å²) in [4.78, 5) is 2.19. The second-order valence-electron chi connectivity index (χ2n) is 7.12. The van der Waals surface area contributed by atoms with Gasteiger partial charge in [0.2, 0.25) is 5.95 Å². The van der Waals surface area contributed by atoms with Gasteiger partial charge < -0.3 is 19.5 Å². The Bertz CT molecular complexity index is 735. The Labute approximate surface area is 168 Å². The van der Waals surface area contributed by atoms with Gasteiger partial charge >= 0.3 is 0 Å². The van der Waals surface area contributed by atoms with E-state index in [0.29, 0.717) is 30.6 Å². The standard InChI is InChI=1S/C19H27FN4O3S/c1-14(2)11-24-18(23-7-9-26-10-8-23)21-22-19(24)28-13-16(25)12-27-17-5-3-15(20)4-6-17/h3-6,14,16,25H,7-13H2,1-2H3. The van der Waals surface area contributed by atoms with Gasteiger partial charge in [0.05, 0.1) is 19.3 Å². The number of thioether (sulfide) groups is 1. The van der Waals surface area contributed by atoms with Crippen molar-refractivity contribution in [3.63, 3.8) is 0 Å². The number of hydrogen-bond donors (Lipinski definition) is 1. The summed E-state index contributed by atoms with van der Waals surface area (Å²) in [5, 5.41) is 19.8. The molecule has 2 heterocycles. The quantitative estimate of drug-likeness (QED) is 0.637. The van der Waals surface area contributed by atoms with E-state index < -0.39 is 6.10 Å². The highest BCUT2D eigenvalue weighted by molar-refractivity contribution is 7.99. The summed E-state index contributed by atoms with van der Waals surface area (Å²) in [7, 11) is 0. The lowest BCUT2D eigenvalue weighted by Gasteiger charge is -2.28. The number of anilines is 1. The Morgan fingerprint density at radius 3 is 2.61 bits per heavy atom. The highest BCUT2D eigenvalue weighted by Gasteiger charge is 2.21. The Kier molecular flexibility index (Phi) is 7.52. The van der Waals surface area contributed by atoms with Gasteiger partial charge in [0.25, 0.3) is 0 Å². The number of hydrogen-bond acceptors (Lipinski definition) is 7. The van der Waals surface area contributed by atoms with Crippen LogP contribution in [0.3, 0.4) is 0 Å². The number of morpholine rings is 1. The fraction of sp³-hybridized carbons (Fsp3) is 0.579. The van der Waals surface area contributed by atoms with Crippen molar-refractivity contribution in [1.29, 1.82) is 0 Å². The van der Waals surface area contributed by atoms with Gasteiger partial charge in [-0.3, -0.25) is 4.57 Å². The number of rotatable bonds is 9. The SMILES string of the molecule is CC(C)Cn1c(SCC(O)COc2ccc(F)cc2)nnc1N1CCOCC1. The maximum Gasteiger partial charge on any atom is 0.228 e. The minimum atomic E-state index is -0.675. The minimum absolute atomic E-state index is 0.132. The van der Waals surface area contributed by atoms with Crippen LogP contribution in [0.4, 0.5) is 10.3 Å². The first-order chi connectivity index (χ1) is 13.5. The van der Waals surface area contributed by atoms with E-state index in [0.717, 1.165) is 30.7 Å². The molecular formula is C19H27FN4O3S. The number of aliphatic hydroxyl groups excluding tert-OH is 1. The van der Waals surface area contributed by atoms with Crippen LogP contribution in [0.1, 0.15) is 13.8 Å². The van der Waals surface area contributed by atoms with Crippen molar-refractivity contribution in [1.82, 2.24) is 14.8 Å². The van der Waals surface area contributed by atoms with Crippen molar-refractivity contribution >= 4 is 17.7 Å². The molecule has 0 amide bonds. The first-order valence-corrected chi connectivity index (χ1v) is 10.5. The maximum atomic E-state index is 12.9. The zero-order chi connectivity index (χ0) is 19.9. The summed E-state index contributed by atoms with van der Waals surface area (Å²) in [6, 6.07) is 5.75. The van der Waals surface area contributed by atoms with Crippen LogP contribution in [0.25, 0.3) is 0 Å². The topological polar surface area (TPSA) is 72.6 Å². The van der Waals surface area contributed by atoms with Crippen molar-refractivity contribution in [2.75, 3.05) is 43.6 Å². The van der Waals surface area contributed by atoms with Gasteiger partial charge in [-0.05, 0) is 30.2 Å². The summed E-state index contributed by atoms with van der Waals surface area (Å²) in [5.74, 6) is 1.95. The molecule has 0 aliphatic carbocycles. The number of halogens is 1. The van der Waals surface area contributed by atoms with E-state index in [2.05, 4.69) is 33.5 Å². The molecule has 0 bridgehead atoms. The molecule has 1 saturated heterocycles. The van der Waals surface area contributed by atoms with Crippen molar-refractivity contribution in [2.24, 2.45) is 5.92 Å². The number of ether oxygens (including phenoxy) is 2. The molecule has 1 fully saturated rings. The largest absolute Gasteiger partial charge is 0.491 e. The van der Waals surface area contributed by atoms with Crippen LogP contribution in [-0.2, 0) is 11.3 Å². The summed E-state index contributed by atoms with van der Waals surface area (Å²) in [6.07, 6.45) is -0.675. The molecule has 28 heavy (non-hydrogen) atoms. The van der Waals surface area contributed by atoms with Crippen LogP contribution < -0.4 is 9.64 Å². The molecule has 1 N–H and O–H groups in total. The van der Waals surface area contributed by atoms with E-state index in [-0.39, 0.29) is 12.4 Å². The number of aliphatic hydroxyl groups is 1. The van der Waals surface area contributed by atoms with Crippen molar-refractivity contribution in [2.45, 2.75) is 31.7 Å². The molecule has 0 radical (unpaired) electrons. The third-order valence-corrected chi connectivity index (χ3v) is 5.31. The Balaban J connectivity index is 1.57. The second kappa shape index (κ2) is 10.1. The van der Waals surface area contributed by atoms with E-state index in [4.69, 9.17) is 9.47 Å². The van der Waals surface area contributed by atoms with Gasteiger partial charge in [-0.2, -0.15) is 0 Å². The van der Waals surface area contributed by atoms with Gasteiger partial charge in [-0.1, -0.05) is 25.6 Å². The van der Waals surface area contributed by atoms with Crippen LogP contribution in [0.2, 0.25) is 0 Å². The highest BCUT2D eigenvalue weighted by atomic mass is 32.2. The van der Waals surface area contributed by atoms with E-state index in [1.54, 1.807) is 12.1 Å². The Morgan fingerprint density at radius 1 is 1.21 bits per heavy atom. The first kappa shape index (κ1) is 20.9. The lowest BCUT2D eigenvalue weighted by molar-refractivity contribution is 0.121. The van der Waals surface area contributed by atoms with Crippen LogP contribution in [0.15, 0.2) is 29.4 Å². The molecule has 0 spiro atoms. The van der Waals surface area contributed by atoms with E-state index >= 15 is 0 Å². The molecule has 154 valence electrons. The molecule has 9 heteroatoms. The minimum Gasteiger partial charge on any atom is -0.491 e. The number of nitrogens with zero attached hydrogens (tertiary/aromatic N) is 4. The second-order valence-corrected chi connectivity index (χ2v) is 8.10. The molecule has 1 unspecified atom stereocenters. The maximum absolute atomic E-state index is 12.9. The number of benzene rings is 1. The predicted octanol–water partition coefficient (Wildman–Crippen LogP) is 2.44. The Hall–Kier alpha value is -1.84. The molecule has 2 aromatic rings. The predicted molar refractivity (Wildman–Crippen MR) is 107 cm³/mol. The van der Waals surface area contributed by atoms with Gasteiger partial charge in [-0.25, -0.2) is 4.39 Å². The average Bonchev–Trinajstić information content (AvgIpc) is 3.08. The molecule has 3 rings (SSSR count). The van der Waals surface area contributed by atoms with E-state index in [9.17, 15) is 9.50 Å². The molecule has 7 nitrogen and oxygen atoms in total. The molecule has 1 aromatic carbocycles. The fourth-order valence-electron chi connectivity index (χ4n) is 2.85. The lowest BCUT2D eigenvalue weighted by atomic mass is 10.2. The molecule has 1 aromatic heterocycles. The first-order valence-electron chi connectivity index (χ1n) is 9.48. The van der Waals surface area contributed by atoms with E-state index in [1.165, 1.54) is 23.9 Å². The molecule has 1 aliphatic heterocycles. The summed E-state index contributed by atoms with van der Waals surface area (Å²) in [5.41, 5.74) is 0. The molecular weight excluding hydrogens is 383 g/mol. The lowest BCUT2D eigenvalue weighted by Crippen LogP contribution is -2.38. The van der Waals surface area contributed by atoms with Crippen LogP contribution in [0.5, 0.6) is 5.75 Å². The van der Waals surface area contributed by atoms with Crippen molar-refractivity contribution in [3.05, 3.63) is 30.1 Å². The van der Waals surface area contributed by atoms with Gasteiger partial charge in [0.15, 0.2) is 5.16 Å². The zero-order valence-electron chi connectivity index (χ0n) is 16.3. The average molecular weight is 411 g/mol. The molecule has 0 saturated carbocycles. The van der Waals surface area contributed by atoms with Crippen LogP contribution >= 0.6 is 11.8 Å². The third kappa shape index (κ3) is 5.83. The smallest absolute Gasteiger partial charge is 0.228 e. The van der Waals surface area contributed by atoms with Gasteiger partial charge in [-0.15, -0.1) is 10.2 Å². The van der Waals surface area contributed by atoms with Crippen LogP contribution in [-0.4, -0.2) is 64.6 Å². The third-order valence-electron chi connectivity index (χ3n) is 4.20. The van der Waals surface area contributed by atoms with Gasteiger partial charge in [0, 0.05) is 25.4 Å². The van der Waals surface area contributed by atoms with E-state index in [1.807, 2.05) is 0 Å². The zero-order valence-corrected chi connectivity index (χ0v) is 17.1. The normalized spacial score (nSPS) is 15.8.